The Balaban J connectivity index is 1.49. The molecular weight excluding hydrogens is 448 g/mol. The summed E-state index contributed by atoms with van der Waals surface area (Å²) >= 11 is 0. The van der Waals surface area contributed by atoms with Gasteiger partial charge in [0, 0.05) is 43.1 Å². The lowest BCUT2D eigenvalue weighted by Gasteiger charge is -2.20. The molecule has 0 aliphatic heterocycles. The van der Waals surface area contributed by atoms with Crippen LogP contribution < -0.4 is 20.7 Å². The molecule has 7 heteroatoms. The second-order valence-corrected chi connectivity index (χ2v) is 8.17. The molecule has 0 aromatic heterocycles. The van der Waals surface area contributed by atoms with Crippen molar-refractivity contribution in [1.29, 1.82) is 0 Å². The van der Waals surface area contributed by atoms with Crippen molar-refractivity contribution in [3.05, 3.63) is 89.5 Å². The maximum atomic E-state index is 12.4. The van der Waals surface area contributed by atoms with Crippen LogP contribution in [0.3, 0.4) is 0 Å². The zero-order valence-electron chi connectivity index (χ0n) is 21.6. The zero-order valence-corrected chi connectivity index (χ0v) is 21.6. The highest BCUT2D eigenvalue weighted by molar-refractivity contribution is 5.95. The van der Waals surface area contributed by atoms with Crippen LogP contribution in [-0.2, 0) is 0 Å². The quantitative estimate of drug-likeness (QED) is 0.260. The van der Waals surface area contributed by atoms with E-state index < -0.39 is 0 Å². The second kappa shape index (κ2) is 13.7. The Bertz CT molecular complexity index is 1130. The fourth-order valence-corrected chi connectivity index (χ4v) is 3.83. The third-order valence-corrected chi connectivity index (χ3v) is 5.98. The van der Waals surface area contributed by atoms with Crippen molar-refractivity contribution in [1.82, 2.24) is 5.43 Å². The van der Waals surface area contributed by atoms with Gasteiger partial charge in [0.1, 0.15) is 0 Å². The molecule has 0 saturated carbocycles. The molecule has 3 aromatic rings. The highest BCUT2D eigenvalue weighted by Crippen LogP contribution is 2.15. The maximum Gasteiger partial charge on any atom is 0.271 e. The molecule has 0 radical (unpaired) electrons. The lowest BCUT2D eigenvalue weighted by molar-refractivity contribution is 0.0955. The Hall–Kier alpha value is -4.13. The van der Waals surface area contributed by atoms with E-state index >= 15 is 0 Å². The van der Waals surface area contributed by atoms with Gasteiger partial charge in [0.2, 0.25) is 0 Å². The Morgan fingerprint density at radius 3 is 1.56 bits per heavy atom. The number of amides is 1. The minimum Gasteiger partial charge on any atom is -0.372 e. The maximum absolute atomic E-state index is 12.4. The van der Waals surface area contributed by atoms with Gasteiger partial charge in [0.15, 0.2) is 0 Å². The Morgan fingerprint density at radius 1 is 0.667 bits per heavy atom. The van der Waals surface area contributed by atoms with Crippen LogP contribution in [0.5, 0.6) is 0 Å². The smallest absolute Gasteiger partial charge is 0.271 e. The van der Waals surface area contributed by atoms with Gasteiger partial charge in [-0.1, -0.05) is 24.3 Å². The number of nitrogens with one attached hydrogen (secondary N) is 2. The van der Waals surface area contributed by atoms with E-state index in [-0.39, 0.29) is 5.91 Å². The van der Waals surface area contributed by atoms with E-state index in [1.54, 1.807) is 24.6 Å². The Morgan fingerprint density at radius 2 is 1.11 bits per heavy atom. The number of nitrogens with zero attached hydrogens (tertiary/aromatic N) is 4. The van der Waals surface area contributed by atoms with Crippen molar-refractivity contribution in [3.63, 3.8) is 0 Å². The number of hydrogen-bond donors (Lipinski definition) is 2. The van der Waals surface area contributed by atoms with Gasteiger partial charge in [-0.25, -0.2) is 5.43 Å². The van der Waals surface area contributed by atoms with Gasteiger partial charge >= 0.3 is 0 Å². The predicted molar refractivity (Wildman–Crippen MR) is 153 cm³/mol. The third-order valence-electron chi connectivity index (χ3n) is 5.98. The van der Waals surface area contributed by atoms with Gasteiger partial charge < -0.3 is 9.80 Å². The largest absolute Gasteiger partial charge is 0.372 e. The van der Waals surface area contributed by atoms with Crippen molar-refractivity contribution in [2.45, 2.75) is 27.7 Å². The van der Waals surface area contributed by atoms with Crippen LogP contribution in [0.25, 0.3) is 0 Å². The summed E-state index contributed by atoms with van der Waals surface area (Å²) in [4.78, 5) is 17.0. The van der Waals surface area contributed by atoms with E-state index in [2.05, 4.69) is 82.8 Å². The van der Waals surface area contributed by atoms with Crippen LogP contribution in [0.2, 0.25) is 0 Å². The summed E-state index contributed by atoms with van der Waals surface area (Å²) in [6.07, 6.45) is 3.42. The zero-order chi connectivity index (χ0) is 25.8. The number of hydrazone groups is 2. The number of carbonyl (C=O) groups is 1. The lowest BCUT2D eigenvalue weighted by atomic mass is 10.2. The average molecular weight is 485 g/mol. The summed E-state index contributed by atoms with van der Waals surface area (Å²) < 4.78 is 0. The first kappa shape index (κ1) is 26.5. The van der Waals surface area contributed by atoms with Gasteiger partial charge in [-0.3, -0.25) is 10.2 Å². The van der Waals surface area contributed by atoms with Crippen molar-refractivity contribution in [2.24, 2.45) is 10.2 Å². The number of anilines is 3. The molecule has 3 aromatic carbocycles. The van der Waals surface area contributed by atoms with Gasteiger partial charge in [-0.05, 0) is 87.4 Å². The monoisotopic (exact) mass is 484 g/mol. The number of benzene rings is 3. The molecule has 7 nitrogen and oxygen atoms in total. The van der Waals surface area contributed by atoms with Crippen LogP contribution in [0.1, 0.15) is 49.2 Å². The average Bonchev–Trinajstić information content (AvgIpc) is 2.92. The molecule has 2 N–H and O–H groups in total. The molecule has 0 fully saturated rings. The van der Waals surface area contributed by atoms with Crippen molar-refractivity contribution >= 4 is 35.4 Å². The first-order valence-corrected chi connectivity index (χ1v) is 12.5. The van der Waals surface area contributed by atoms with E-state index in [0.29, 0.717) is 5.56 Å². The van der Waals surface area contributed by atoms with Crippen LogP contribution in [0.15, 0.2) is 83.0 Å². The van der Waals surface area contributed by atoms with Gasteiger partial charge in [0.25, 0.3) is 5.91 Å². The molecule has 0 aliphatic carbocycles. The van der Waals surface area contributed by atoms with E-state index in [4.69, 9.17) is 0 Å². The highest BCUT2D eigenvalue weighted by atomic mass is 16.2. The van der Waals surface area contributed by atoms with Crippen LogP contribution in [0.4, 0.5) is 17.1 Å². The summed E-state index contributed by atoms with van der Waals surface area (Å²) in [5.74, 6) is -0.269. The molecular formula is C29H36N6O. The number of rotatable bonds is 12. The highest BCUT2D eigenvalue weighted by Gasteiger charge is 2.05. The van der Waals surface area contributed by atoms with Gasteiger partial charge in [-0.15, -0.1) is 0 Å². The van der Waals surface area contributed by atoms with Gasteiger partial charge in [0.05, 0.1) is 18.1 Å². The van der Waals surface area contributed by atoms with E-state index in [1.807, 2.05) is 36.4 Å². The van der Waals surface area contributed by atoms with Crippen LogP contribution in [-0.4, -0.2) is 44.5 Å². The number of hydrogen-bond acceptors (Lipinski definition) is 6. The van der Waals surface area contributed by atoms with Crippen LogP contribution in [0, 0.1) is 0 Å². The molecule has 0 heterocycles. The fraction of sp³-hybridized carbons (Fsp3) is 0.276. The molecule has 36 heavy (non-hydrogen) atoms. The standard InChI is InChI=1S/C29H36N6O/c1-5-34(6-2)27-17-9-23(10-18-27)21-30-32-26-15-13-25(14-16-26)29(36)33-31-22-24-11-19-28(20-12-24)35(7-3)8-4/h9-22,32H,5-8H2,1-4H3,(H,33,36)/b30-21+,31-22+. The minimum atomic E-state index is -0.269. The first-order chi connectivity index (χ1) is 17.6. The topological polar surface area (TPSA) is 72.3 Å². The van der Waals surface area contributed by atoms with E-state index in [9.17, 15) is 4.79 Å². The summed E-state index contributed by atoms with van der Waals surface area (Å²) in [7, 11) is 0. The van der Waals surface area contributed by atoms with Crippen molar-refractivity contribution in [2.75, 3.05) is 41.4 Å². The summed E-state index contributed by atoms with van der Waals surface area (Å²) in [6.45, 7) is 12.5. The minimum absolute atomic E-state index is 0.269. The van der Waals surface area contributed by atoms with Crippen molar-refractivity contribution < 1.29 is 4.79 Å². The van der Waals surface area contributed by atoms with E-state index in [1.165, 1.54) is 11.4 Å². The number of carbonyl (C=O) groups excluding carboxylic acids is 1. The third kappa shape index (κ3) is 7.43. The SMILES string of the molecule is CCN(CC)c1ccc(/C=N/NC(=O)c2ccc(N/N=C/c3ccc(N(CC)CC)cc3)cc2)cc1. The summed E-state index contributed by atoms with van der Waals surface area (Å²) in [5, 5.41) is 8.38. The molecule has 0 bridgehead atoms. The molecule has 0 unspecified atom stereocenters. The molecule has 0 saturated heterocycles. The van der Waals surface area contributed by atoms with Crippen LogP contribution >= 0.6 is 0 Å². The molecule has 0 spiro atoms. The summed E-state index contributed by atoms with van der Waals surface area (Å²) in [6, 6.07) is 23.5. The normalized spacial score (nSPS) is 11.1. The summed E-state index contributed by atoms with van der Waals surface area (Å²) in [5.41, 5.74) is 11.2. The van der Waals surface area contributed by atoms with E-state index in [0.717, 1.165) is 43.0 Å². The Labute approximate surface area is 214 Å². The fourth-order valence-electron chi connectivity index (χ4n) is 3.83. The lowest BCUT2D eigenvalue weighted by Crippen LogP contribution is -2.21. The molecule has 188 valence electrons. The predicted octanol–water partition coefficient (Wildman–Crippen LogP) is 5.59. The van der Waals surface area contributed by atoms with Gasteiger partial charge in [-0.2, -0.15) is 10.2 Å². The second-order valence-electron chi connectivity index (χ2n) is 8.17. The molecule has 0 atom stereocenters. The van der Waals surface area contributed by atoms with Crippen molar-refractivity contribution in [3.8, 4) is 0 Å². The molecule has 3 rings (SSSR count). The Kier molecular flexibility index (Phi) is 10.1. The first-order valence-electron chi connectivity index (χ1n) is 12.5. The molecule has 0 aliphatic rings. The molecule has 1 amide bonds.